The first-order chi connectivity index (χ1) is 15.4. The van der Waals surface area contributed by atoms with E-state index in [4.69, 9.17) is 9.72 Å². The van der Waals surface area contributed by atoms with Gasteiger partial charge in [-0.3, -0.25) is 0 Å². The molecular formula is C26H32N4O2. The maximum atomic E-state index is 11.0. The van der Waals surface area contributed by atoms with Gasteiger partial charge in [0, 0.05) is 19.3 Å². The summed E-state index contributed by atoms with van der Waals surface area (Å²) in [5, 5.41) is 12.0. The molecule has 0 radical (unpaired) electrons. The van der Waals surface area contributed by atoms with Gasteiger partial charge in [-0.15, -0.1) is 0 Å². The van der Waals surface area contributed by atoms with Gasteiger partial charge in [-0.25, -0.2) is 15.0 Å². The highest BCUT2D eigenvalue weighted by Crippen LogP contribution is 2.41. The van der Waals surface area contributed by atoms with Crippen LogP contribution in [0.15, 0.2) is 36.5 Å². The molecule has 168 valence electrons. The first-order valence-electron chi connectivity index (χ1n) is 11.7. The van der Waals surface area contributed by atoms with Crippen molar-refractivity contribution in [2.75, 3.05) is 18.0 Å². The molecule has 3 aromatic rings. The zero-order chi connectivity index (χ0) is 22.4. The molecule has 32 heavy (non-hydrogen) atoms. The molecule has 1 aromatic carbocycles. The largest absolute Gasteiger partial charge is 0.487 e. The van der Waals surface area contributed by atoms with Crippen LogP contribution in [0.4, 0.5) is 5.82 Å². The van der Waals surface area contributed by atoms with Crippen LogP contribution >= 0.6 is 0 Å². The van der Waals surface area contributed by atoms with Crippen molar-refractivity contribution in [2.45, 2.75) is 58.7 Å². The van der Waals surface area contributed by atoms with Crippen LogP contribution in [-0.4, -0.2) is 45.4 Å². The van der Waals surface area contributed by atoms with Gasteiger partial charge < -0.3 is 14.7 Å². The lowest BCUT2D eigenvalue weighted by atomic mass is 9.78. The number of aromatic nitrogens is 3. The third-order valence-corrected chi connectivity index (χ3v) is 7.02. The van der Waals surface area contributed by atoms with Gasteiger partial charge in [0.25, 0.3) is 0 Å². The number of aryl methyl sites for hydroxylation is 2. The zero-order valence-electron chi connectivity index (χ0n) is 19.3. The molecule has 0 amide bonds. The second kappa shape index (κ2) is 8.32. The van der Waals surface area contributed by atoms with E-state index in [1.54, 1.807) is 6.20 Å². The third-order valence-electron chi connectivity index (χ3n) is 7.02. The maximum Gasteiger partial charge on any atom is 0.164 e. The number of aliphatic hydroxyl groups is 1. The molecule has 0 bridgehead atoms. The van der Waals surface area contributed by atoms with E-state index in [0.29, 0.717) is 17.8 Å². The van der Waals surface area contributed by atoms with E-state index in [-0.39, 0.29) is 6.10 Å². The summed E-state index contributed by atoms with van der Waals surface area (Å²) in [5.41, 5.74) is 3.12. The van der Waals surface area contributed by atoms with E-state index in [0.717, 1.165) is 54.4 Å². The first-order valence-corrected chi connectivity index (χ1v) is 11.7. The summed E-state index contributed by atoms with van der Waals surface area (Å²) in [6.07, 6.45) is 2.75. The fourth-order valence-electron chi connectivity index (χ4n) is 5.37. The van der Waals surface area contributed by atoms with Gasteiger partial charge in [-0.2, -0.15) is 0 Å². The van der Waals surface area contributed by atoms with Gasteiger partial charge in [0.1, 0.15) is 23.5 Å². The molecule has 1 aliphatic heterocycles. The van der Waals surface area contributed by atoms with Crippen LogP contribution in [-0.2, 0) is 0 Å². The minimum Gasteiger partial charge on any atom is -0.487 e. The summed E-state index contributed by atoms with van der Waals surface area (Å²) in [6, 6.07) is 10.4. The van der Waals surface area contributed by atoms with Crippen LogP contribution in [0.2, 0.25) is 0 Å². The predicted octanol–water partition coefficient (Wildman–Crippen LogP) is 4.42. The molecule has 6 heteroatoms. The standard InChI is InChI=1S/C26H32N4O2/c1-15(2)20-8-7-16(3)10-23(20)32-24-12-19-14-30(13-18(19)11-22(24)31)26-21-6-5-9-27-25(21)28-17(4)29-26/h5-10,15,18-19,22,24,31H,11-14H2,1-4H3/t18-,19+,22+,24+/m0/s1. The predicted molar refractivity (Wildman–Crippen MR) is 126 cm³/mol. The van der Waals surface area contributed by atoms with Gasteiger partial charge >= 0.3 is 0 Å². The number of aliphatic hydroxyl groups excluding tert-OH is 1. The van der Waals surface area contributed by atoms with Crippen LogP contribution in [0.25, 0.3) is 11.0 Å². The second-order valence-corrected chi connectivity index (χ2v) is 9.79. The number of pyridine rings is 1. The Hall–Kier alpha value is -2.73. The van der Waals surface area contributed by atoms with Crippen LogP contribution in [0.3, 0.4) is 0 Å². The molecule has 4 atom stereocenters. The van der Waals surface area contributed by atoms with Crippen molar-refractivity contribution < 1.29 is 9.84 Å². The Morgan fingerprint density at radius 2 is 1.84 bits per heavy atom. The number of rotatable bonds is 4. The quantitative estimate of drug-likeness (QED) is 0.658. The average Bonchev–Trinajstić information content (AvgIpc) is 3.15. The highest BCUT2D eigenvalue weighted by atomic mass is 16.5. The van der Waals surface area contributed by atoms with E-state index in [1.807, 2.05) is 19.1 Å². The zero-order valence-corrected chi connectivity index (χ0v) is 19.3. The van der Waals surface area contributed by atoms with E-state index in [2.05, 4.69) is 53.8 Å². The number of anilines is 1. The maximum absolute atomic E-state index is 11.0. The van der Waals surface area contributed by atoms with E-state index in [1.165, 1.54) is 11.1 Å². The van der Waals surface area contributed by atoms with Crippen LogP contribution < -0.4 is 9.64 Å². The molecule has 1 N–H and O–H groups in total. The lowest BCUT2D eigenvalue weighted by molar-refractivity contribution is -0.0236. The molecule has 1 aliphatic carbocycles. The normalized spacial score (nSPS) is 25.4. The van der Waals surface area contributed by atoms with E-state index >= 15 is 0 Å². The van der Waals surface area contributed by atoms with E-state index in [9.17, 15) is 5.11 Å². The van der Waals surface area contributed by atoms with Gasteiger partial charge in [-0.1, -0.05) is 26.0 Å². The molecular weight excluding hydrogens is 400 g/mol. The third kappa shape index (κ3) is 3.92. The molecule has 1 saturated heterocycles. The summed E-state index contributed by atoms with van der Waals surface area (Å²) in [7, 11) is 0. The van der Waals surface area contributed by atoms with Crippen molar-refractivity contribution >= 4 is 16.9 Å². The topological polar surface area (TPSA) is 71.4 Å². The number of hydrogen-bond donors (Lipinski definition) is 1. The SMILES string of the molecule is Cc1ccc(C(C)C)c(O[C@@H]2C[C@@H]3CN(c4nc(C)nc5ncccc45)C[C@@H]3C[C@H]2O)c1. The van der Waals surface area contributed by atoms with Crippen molar-refractivity contribution in [2.24, 2.45) is 11.8 Å². The first kappa shape index (κ1) is 21.1. The molecule has 0 unspecified atom stereocenters. The summed E-state index contributed by atoms with van der Waals surface area (Å²) in [4.78, 5) is 16.0. The van der Waals surface area contributed by atoms with Gasteiger partial charge in [0.15, 0.2) is 5.65 Å². The average molecular weight is 433 g/mol. The van der Waals surface area contributed by atoms with Crippen molar-refractivity contribution in [1.82, 2.24) is 15.0 Å². The minimum absolute atomic E-state index is 0.180. The molecule has 5 rings (SSSR count). The summed E-state index contributed by atoms with van der Waals surface area (Å²) in [6.45, 7) is 10.2. The highest BCUT2D eigenvalue weighted by Gasteiger charge is 2.43. The Morgan fingerprint density at radius 3 is 2.62 bits per heavy atom. The Labute approximate surface area is 189 Å². The van der Waals surface area contributed by atoms with Crippen molar-refractivity contribution in [3.63, 3.8) is 0 Å². The Kier molecular flexibility index (Phi) is 5.49. The van der Waals surface area contributed by atoms with Gasteiger partial charge in [0.05, 0.1) is 11.5 Å². The minimum atomic E-state index is -0.456. The molecule has 2 fully saturated rings. The monoisotopic (exact) mass is 432 g/mol. The molecule has 2 aliphatic rings. The smallest absolute Gasteiger partial charge is 0.164 e. The molecule has 6 nitrogen and oxygen atoms in total. The summed E-state index contributed by atoms with van der Waals surface area (Å²) < 4.78 is 6.48. The lowest BCUT2D eigenvalue weighted by Crippen LogP contribution is -2.42. The van der Waals surface area contributed by atoms with Crippen LogP contribution in [0, 0.1) is 25.7 Å². The number of hydrogen-bond acceptors (Lipinski definition) is 6. The summed E-state index contributed by atoms with van der Waals surface area (Å²) in [5.74, 6) is 3.90. The van der Waals surface area contributed by atoms with E-state index < -0.39 is 6.10 Å². The Bertz CT molecular complexity index is 1130. The number of benzene rings is 1. The number of fused-ring (bicyclic) bond motifs is 2. The fraction of sp³-hybridized carbons (Fsp3) is 0.500. The Balaban J connectivity index is 1.37. The van der Waals surface area contributed by atoms with Crippen LogP contribution in [0.5, 0.6) is 5.75 Å². The molecule has 0 spiro atoms. The molecule has 3 heterocycles. The molecule has 1 saturated carbocycles. The van der Waals surface area contributed by atoms with Gasteiger partial charge in [0.2, 0.25) is 0 Å². The molecule has 2 aromatic heterocycles. The van der Waals surface area contributed by atoms with Crippen molar-refractivity contribution in [1.29, 1.82) is 0 Å². The van der Waals surface area contributed by atoms with Crippen molar-refractivity contribution in [3.05, 3.63) is 53.5 Å². The van der Waals surface area contributed by atoms with Crippen LogP contribution in [0.1, 0.15) is 49.6 Å². The second-order valence-electron chi connectivity index (χ2n) is 9.79. The van der Waals surface area contributed by atoms with Crippen molar-refractivity contribution in [3.8, 4) is 5.75 Å². The highest BCUT2D eigenvalue weighted by molar-refractivity contribution is 5.87. The Morgan fingerprint density at radius 1 is 1.06 bits per heavy atom. The number of nitrogens with zero attached hydrogens (tertiary/aromatic N) is 4. The lowest BCUT2D eigenvalue weighted by Gasteiger charge is -2.35. The van der Waals surface area contributed by atoms with Gasteiger partial charge in [-0.05, 0) is 73.8 Å². The fourth-order valence-corrected chi connectivity index (χ4v) is 5.37. The summed E-state index contributed by atoms with van der Waals surface area (Å²) >= 11 is 0. The number of ether oxygens (including phenoxy) is 1.